The Labute approximate surface area is 165 Å². The quantitative estimate of drug-likeness (QED) is 0.520. The van der Waals surface area contributed by atoms with Crippen molar-refractivity contribution in [1.82, 2.24) is 5.32 Å². The van der Waals surface area contributed by atoms with Gasteiger partial charge in [-0.3, -0.25) is 4.79 Å². The Bertz CT molecular complexity index is 798. The first kappa shape index (κ1) is 21.7. The van der Waals surface area contributed by atoms with E-state index >= 15 is 0 Å². The van der Waals surface area contributed by atoms with E-state index in [9.17, 15) is 9.59 Å². The molecule has 0 bridgehead atoms. The summed E-state index contributed by atoms with van der Waals surface area (Å²) in [6.45, 7) is 7.95. The van der Waals surface area contributed by atoms with E-state index in [0.29, 0.717) is 35.9 Å². The zero-order valence-corrected chi connectivity index (χ0v) is 16.8. The van der Waals surface area contributed by atoms with Gasteiger partial charge in [-0.15, -0.1) is 0 Å². The van der Waals surface area contributed by atoms with E-state index in [4.69, 9.17) is 19.9 Å². The molecule has 1 heterocycles. The molecule has 0 saturated heterocycles. The maximum atomic E-state index is 12.9. The van der Waals surface area contributed by atoms with Crippen LogP contribution in [0.2, 0.25) is 0 Å². The van der Waals surface area contributed by atoms with Crippen LogP contribution in [0.3, 0.4) is 0 Å². The van der Waals surface area contributed by atoms with Crippen LogP contribution >= 0.6 is 0 Å². The molecular weight excluding hydrogens is 360 g/mol. The third-order valence-corrected chi connectivity index (χ3v) is 4.34. The highest BCUT2D eigenvalue weighted by molar-refractivity contribution is 5.93. The second kappa shape index (κ2) is 10.1. The first-order valence-corrected chi connectivity index (χ1v) is 9.30. The summed E-state index contributed by atoms with van der Waals surface area (Å²) in [5.74, 6) is -1.14. The summed E-state index contributed by atoms with van der Waals surface area (Å²) in [5.41, 5.74) is 8.93. The van der Waals surface area contributed by atoms with Gasteiger partial charge in [-0.25, -0.2) is 4.79 Å². The SMILES string of the molecule is CCOC(=O)C1=C(COCCN)NC(C)=C(OC(C)=O)C1c1ccccc1C. The third-order valence-electron chi connectivity index (χ3n) is 4.34. The summed E-state index contributed by atoms with van der Waals surface area (Å²) in [6.07, 6.45) is 0. The van der Waals surface area contributed by atoms with Gasteiger partial charge in [0.25, 0.3) is 0 Å². The van der Waals surface area contributed by atoms with Crippen molar-refractivity contribution in [2.75, 3.05) is 26.4 Å². The molecule has 0 amide bonds. The van der Waals surface area contributed by atoms with E-state index in [1.165, 1.54) is 6.92 Å². The lowest BCUT2D eigenvalue weighted by Crippen LogP contribution is -2.33. The number of rotatable bonds is 8. The van der Waals surface area contributed by atoms with Gasteiger partial charge in [0.05, 0.1) is 42.7 Å². The molecule has 0 spiro atoms. The minimum absolute atomic E-state index is 0.165. The van der Waals surface area contributed by atoms with Crippen molar-refractivity contribution < 1.29 is 23.8 Å². The minimum Gasteiger partial charge on any atom is -0.463 e. The van der Waals surface area contributed by atoms with E-state index in [1.807, 2.05) is 31.2 Å². The van der Waals surface area contributed by atoms with Crippen LogP contribution in [0.25, 0.3) is 0 Å². The van der Waals surface area contributed by atoms with Crippen molar-refractivity contribution in [1.29, 1.82) is 0 Å². The summed E-state index contributed by atoms with van der Waals surface area (Å²) in [4.78, 5) is 24.7. The molecule has 3 N–H and O–H groups in total. The van der Waals surface area contributed by atoms with E-state index in [-0.39, 0.29) is 13.2 Å². The minimum atomic E-state index is -0.582. The zero-order valence-electron chi connectivity index (χ0n) is 16.8. The van der Waals surface area contributed by atoms with Crippen molar-refractivity contribution in [2.24, 2.45) is 5.73 Å². The first-order valence-electron chi connectivity index (χ1n) is 9.30. The summed E-state index contributed by atoms with van der Waals surface area (Å²) in [5, 5.41) is 3.15. The molecule has 0 saturated carbocycles. The number of ether oxygens (including phenoxy) is 3. The number of carbonyl (C=O) groups excluding carboxylic acids is 2. The number of hydrogen-bond donors (Lipinski definition) is 2. The van der Waals surface area contributed by atoms with Crippen LogP contribution < -0.4 is 11.1 Å². The monoisotopic (exact) mass is 388 g/mol. The average molecular weight is 388 g/mol. The van der Waals surface area contributed by atoms with E-state index < -0.39 is 17.9 Å². The summed E-state index contributed by atoms with van der Waals surface area (Å²) in [6, 6.07) is 7.67. The molecule has 1 aromatic rings. The molecule has 0 radical (unpaired) electrons. The maximum absolute atomic E-state index is 12.9. The Hall–Kier alpha value is -2.64. The van der Waals surface area contributed by atoms with Crippen LogP contribution in [0.15, 0.2) is 47.0 Å². The van der Waals surface area contributed by atoms with E-state index in [0.717, 1.165) is 11.1 Å². The molecule has 1 unspecified atom stereocenters. The predicted molar refractivity (Wildman–Crippen MR) is 105 cm³/mol. The molecule has 1 aliphatic rings. The smallest absolute Gasteiger partial charge is 0.336 e. The van der Waals surface area contributed by atoms with Gasteiger partial charge in [0, 0.05) is 13.5 Å². The predicted octanol–water partition coefficient (Wildman–Crippen LogP) is 2.27. The topological polar surface area (TPSA) is 99.9 Å². The normalized spacial score (nSPS) is 16.7. The van der Waals surface area contributed by atoms with Crippen molar-refractivity contribution in [3.63, 3.8) is 0 Å². The molecule has 7 heteroatoms. The largest absolute Gasteiger partial charge is 0.463 e. The van der Waals surface area contributed by atoms with Crippen LogP contribution in [0.1, 0.15) is 37.8 Å². The number of nitrogens with one attached hydrogen (secondary N) is 1. The molecule has 7 nitrogen and oxygen atoms in total. The molecule has 1 aromatic carbocycles. The van der Waals surface area contributed by atoms with Gasteiger partial charge in [-0.1, -0.05) is 24.3 Å². The van der Waals surface area contributed by atoms with Crippen molar-refractivity contribution in [3.8, 4) is 0 Å². The van der Waals surface area contributed by atoms with Crippen LogP contribution in [-0.2, 0) is 23.8 Å². The standard InChI is InChI=1S/C21H28N2O5/c1-5-27-21(25)19-17(12-26-11-10-22)23-14(3)20(28-15(4)24)18(19)16-9-7-6-8-13(16)2/h6-9,18,23H,5,10-12,22H2,1-4H3. The number of allylic oxidation sites excluding steroid dienone is 2. The summed E-state index contributed by atoms with van der Waals surface area (Å²) in [7, 11) is 0. The summed E-state index contributed by atoms with van der Waals surface area (Å²) < 4.78 is 16.4. The Morgan fingerprint density at radius 2 is 1.93 bits per heavy atom. The molecule has 1 atom stereocenters. The van der Waals surface area contributed by atoms with Crippen molar-refractivity contribution in [3.05, 3.63) is 58.1 Å². The van der Waals surface area contributed by atoms with Crippen LogP contribution in [0.4, 0.5) is 0 Å². The fourth-order valence-electron chi connectivity index (χ4n) is 3.20. The fourth-order valence-corrected chi connectivity index (χ4v) is 3.20. The van der Waals surface area contributed by atoms with Crippen LogP contribution in [0, 0.1) is 6.92 Å². The van der Waals surface area contributed by atoms with Gasteiger partial charge in [0.15, 0.2) is 0 Å². The molecule has 0 aromatic heterocycles. The lowest BCUT2D eigenvalue weighted by Gasteiger charge is -2.32. The number of dihydropyridines is 1. The maximum Gasteiger partial charge on any atom is 0.336 e. The lowest BCUT2D eigenvalue weighted by molar-refractivity contribution is -0.141. The molecule has 0 fully saturated rings. The van der Waals surface area contributed by atoms with Gasteiger partial charge < -0.3 is 25.3 Å². The number of aryl methyl sites for hydroxylation is 1. The number of hydrogen-bond acceptors (Lipinski definition) is 7. The van der Waals surface area contributed by atoms with E-state index in [2.05, 4.69) is 5.32 Å². The highest BCUT2D eigenvalue weighted by Gasteiger charge is 2.37. The number of carbonyl (C=O) groups is 2. The highest BCUT2D eigenvalue weighted by atomic mass is 16.5. The van der Waals surface area contributed by atoms with Gasteiger partial charge in [0.1, 0.15) is 5.76 Å². The number of esters is 2. The fraction of sp³-hybridized carbons (Fsp3) is 0.429. The van der Waals surface area contributed by atoms with Crippen LogP contribution in [0.5, 0.6) is 0 Å². The Morgan fingerprint density at radius 3 is 2.54 bits per heavy atom. The Morgan fingerprint density at radius 1 is 1.21 bits per heavy atom. The zero-order chi connectivity index (χ0) is 20.7. The third kappa shape index (κ3) is 4.99. The Balaban J connectivity index is 2.64. The molecule has 1 aliphatic heterocycles. The second-order valence-corrected chi connectivity index (χ2v) is 6.45. The first-order chi connectivity index (χ1) is 13.4. The molecule has 0 aliphatic carbocycles. The van der Waals surface area contributed by atoms with Gasteiger partial charge in [-0.05, 0) is 31.9 Å². The number of benzene rings is 1. The van der Waals surface area contributed by atoms with Gasteiger partial charge in [0.2, 0.25) is 0 Å². The molecule has 152 valence electrons. The highest BCUT2D eigenvalue weighted by Crippen LogP contribution is 2.40. The molecule has 28 heavy (non-hydrogen) atoms. The number of nitrogens with two attached hydrogens (primary N) is 1. The van der Waals surface area contributed by atoms with Crippen molar-refractivity contribution in [2.45, 2.75) is 33.6 Å². The van der Waals surface area contributed by atoms with E-state index in [1.54, 1.807) is 13.8 Å². The average Bonchev–Trinajstić information content (AvgIpc) is 2.64. The molecule has 2 rings (SSSR count). The molecular formula is C21H28N2O5. The van der Waals surface area contributed by atoms with Gasteiger partial charge in [-0.2, -0.15) is 0 Å². The van der Waals surface area contributed by atoms with Gasteiger partial charge >= 0.3 is 11.9 Å². The second-order valence-electron chi connectivity index (χ2n) is 6.45. The lowest BCUT2D eigenvalue weighted by atomic mass is 9.83. The Kier molecular flexibility index (Phi) is 7.78. The van der Waals surface area contributed by atoms with Crippen molar-refractivity contribution >= 4 is 11.9 Å². The summed E-state index contributed by atoms with van der Waals surface area (Å²) >= 11 is 0. The van der Waals surface area contributed by atoms with Crippen LogP contribution in [-0.4, -0.2) is 38.3 Å².